The van der Waals surface area contributed by atoms with Crippen LogP contribution in [0.1, 0.15) is 30.5 Å². The zero-order valence-electron chi connectivity index (χ0n) is 16.9. The Morgan fingerprint density at radius 3 is 2.71 bits per heavy atom. The monoisotopic (exact) mass is 433 g/mol. The number of ether oxygens (including phenoxy) is 3. The van der Waals surface area contributed by atoms with E-state index in [9.17, 15) is 9.90 Å². The number of carboxylic acid groups (broad SMARTS) is 1. The Labute approximate surface area is 178 Å². The average Bonchev–Trinajstić information content (AvgIpc) is 3.27. The predicted molar refractivity (Wildman–Crippen MR) is 110 cm³/mol. The van der Waals surface area contributed by atoms with Crippen molar-refractivity contribution in [3.63, 3.8) is 0 Å². The van der Waals surface area contributed by atoms with E-state index < -0.39 is 17.8 Å². The molecular formula is C21H24FN3O6. The Hall–Kier alpha value is -3.53. The normalized spacial score (nSPS) is 17.2. The molecule has 0 amide bonds. The van der Waals surface area contributed by atoms with E-state index >= 15 is 4.39 Å². The maximum absolute atomic E-state index is 15.3. The van der Waals surface area contributed by atoms with Crippen molar-refractivity contribution >= 4 is 17.5 Å². The van der Waals surface area contributed by atoms with E-state index in [4.69, 9.17) is 25.2 Å². The van der Waals surface area contributed by atoms with Crippen molar-refractivity contribution in [3.8, 4) is 11.5 Å². The Morgan fingerprint density at radius 1 is 1.39 bits per heavy atom. The molecule has 31 heavy (non-hydrogen) atoms. The third-order valence-electron chi connectivity index (χ3n) is 4.69. The molecule has 2 atom stereocenters. The molecule has 2 unspecified atom stereocenters. The maximum atomic E-state index is 15.3. The highest BCUT2D eigenvalue weighted by atomic mass is 19.1. The van der Waals surface area contributed by atoms with E-state index in [-0.39, 0.29) is 23.3 Å². The summed E-state index contributed by atoms with van der Waals surface area (Å²) in [5, 5.41) is 24.2. The molecule has 2 aromatic rings. The minimum atomic E-state index is -1.42. The number of nitrogens with two attached hydrogens (primary N) is 1. The van der Waals surface area contributed by atoms with Crippen molar-refractivity contribution in [2.75, 3.05) is 25.1 Å². The van der Waals surface area contributed by atoms with Crippen molar-refractivity contribution in [3.05, 3.63) is 53.3 Å². The summed E-state index contributed by atoms with van der Waals surface area (Å²) in [6, 6.07) is 7.49. The van der Waals surface area contributed by atoms with E-state index in [2.05, 4.69) is 10.5 Å². The van der Waals surface area contributed by atoms with E-state index in [1.807, 2.05) is 0 Å². The van der Waals surface area contributed by atoms with Crippen LogP contribution in [0, 0.1) is 5.82 Å². The van der Waals surface area contributed by atoms with E-state index in [1.54, 1.807) is 19.1 Å². The van der Waals surface area contributed by atoms with Crippen LogP contribution in [0.3, 0.4) is 0 Å². The fourth-order valence-corrected chi connectivity index (χ4v) is 3.16. The summed E-state index contributed by atoms with van der Waals surface area (Å²) in [5.41, 5.74) is 6.24. The van der Waals surface area contributed by atoms with Crippen LogP contribution in [0.25, 0.3) is 0 Å². The van der Waals surface area contributed by atoms with Gasteiger partial charge >= 0.3 is 5.97 Å². The number of carboxylic acids is 1. The minimum Gasteiger partial charge on any atom is -0.494 e. The molecule has 0 bridgehead atoms. The Balaban J connectivity index is 1.93. The standard InChI is InChI=1S/C21H24FN3O6/c1-2-30-15-9-16(18(22)17(10-15)31-14-7-8-29-11-14)19(21(26)27)24-13-5-3-12(4-6-13)20(23)25-28/h3-6,9-10,14,19,24,28H,2,7-8,11H2,1H3,(H2,23,25)(H,26,27). The Bertz CT molecular complexity index is 945. The molecule has 0 spiro atoms. The molecule has 166 valence electrons. The first kappa shape index (κ1) is 22.2. The zero-order valence-corrected chi connectivity index (χ0v) is 16.9. The predicted octanol–water partition coefficient (Wildman–Crippen LogP) is 2.72. The zero-order chi connectivity index (χ0) is 22.4. The fourth-order valence-electron chi connectivity index (χ4n) is 3.16. The van der Waals surface area contributed by atoms with Gasteiger partial charge in [0.15, 0.2) is 23.4 Å². The highest BCUT2D eigenvalue weighted by Crippen LogP contribution is 2.34. The number of nitrogens with one attached hydrogen (secondary N) is 1. The molecular weight excluding hydrogens is 409 g/mol. The van der Waals surface area contributed by atoms with Crippen molar-refractivity contribution in [2.45, 2.75) is 25.5 Å². The maximum Gasteiger partial charge on any atom is 0.330 e. The Morgan fingerprint density at radius 2 is 2.13 bits per heavy atom. The van der Waals surface area contributed by atoms with Gasteiger partial charge in [-0.2, -0.15) is 0 Å². The smallest absolute Gasteiger partial charge is 0.330 e. The number of aliphatic carboxylic acids is 1. The molecule has 10 heteroatoms. The van der Waals surface area contributed by atoms with Crippen molar-refractivity contribution in [1.82, 2.24) is 0 Å². The molecule has 1 heterocycles. The number of benzene rings is 2. The van der Waals surface area contributed by atoms with Crippen LogP contribution in [0.2, 0.25) is 0 Å². The molecule has 0 saturated carbocycles. The van der Waals surface area contributed by atoms with Crippen LogP contribution in [0.5, 0.6) is 11.5 Å². The number of halogens is 1. The van der Waals surface area contributed by atoms with Gasteiger partial charge in [0.25, 0.3) is 0 Å². The van der Waals surface area contributed by atoms with Crippen LogP contribution in [-0.2, 0) is 9.53 Å². The molecule has 0 radical (unpaired) electrons. The summed E-state index contributed by atoms with van der Waals surface area (Å²) in [6.07, 6.45) is 0.294. The van der Waals surface area contributed by atoms with E-state index in [1.165, 1.54) is 24.3 Å². The molecule has 1 saturated heterocycles. The molecule has 1 aliphatic rings. The largest absolute Gasteiger partial charge is 0.494 e. The lowest BCUT2D eigenvalue weighted by atomic mass is 10.0. The second kappa shape index (κ2) is 9.98. The topological polar surface area (TPSA) is 136 Å². The summed E-state index contributed by atoms with van der Waals surface area (Å²) in [5.74, 6) is -1.96. The van der Waals surface area contributed by atoms with Gasteiger partial charge in [-0.25, -0.2) is 9.18 Å². The van der Waals surface area contributed by atoms with E-state index in [0.717, 1.165) is 0 Å². The fraction of sp³-hybridized carbons (Fsp3) is 0.333. The molecule has 1 aliphatic heterocycles. The first-order valence-corrected chi connectivity index (χ1v) is 9.70. The number of amidine groups is 1. The van der Waals surface area contributed by atoms with Gasteiger partial charge in [0, 0.05) is 29.3 Å². The van der Waals surface area contributed by atoms with Crippen molar-refractivity contribution in [1.29, 1.82) is 0 Å². The summed E-state index contributed by atoms with van der Waals surface area (Å²) in [7, 11) is 0. The molecule has 0 aromatic heterocycles. The first-order chi connectivity index (χ1) is 14.9. The lowest BCUT2D eigenvalue weighted by Gasteiger charge is -2.21. The minimum absolute atomic E-state index is 0.0884. The average molecular weight is 433 g/mol. The van der Waals surface area contributed by atoms with Gasteiger partial charge < -0.3 is 35.6 Å². The van der Waals surface area contributed by atoms with Gasteiger partial charge in [-0.1, -0.05) is 5.16 Å². The molecule has 0 aliphatic carbocycles. The summed E-state index contributed by atoms with van der Waals surface area (Å²) in [4.78, 5) is 12.0. The highest BCUT2D eigenvalue weighted by Gasteiger charge is 2.28. The lowest BCUT2D eigenvalue weighted by Crippen LogP contribution is -2.23. The van der Waals surface area contributed by atoms with Crippen LogP contribution in [0.4, 0.5) is 10.1 Å². The second-order valence-electron chi connectivity index (χ2n) is 6.84. The van der Waals surface area contributed by atoms with Crippen LogP contribution in [0.15, 0.2) is 41.6 Å². The van der Waals surface area contributed by atoms with E-state index in [0.29, 0.717) is 43.2 Å². The van der Waals surface area contributed by atoms with Gasteiger partial charge in [0.1, 0.15) is 11.9 Å². The molecule has 5 N–H and O–H groups in total. The van der Waals surface area contributed by atoms with Crippen molar-refractivity contribution in [2.24, 2.45) is 10.9 Å². The number of nitrogens with zero attached hydrogens (tertiary/aromatic N) is 1. The first-order valence-electron chi connectivity index (χ1n) is 9.70. The molecule has 2 aromatic carbocycles. The van der Waals surface area contributed by atoms with Gasteiger partial charge in [0.2, 0.25) is 0 Å². The molecule has 1 fully saturated rings. The third kappa shape index (κ3) is 5.34. The van der Waals surface area contributed by atoms with Gasteiger partial charge in [-0.05, 0) is 37.3 Å². The summed E-state index contributed by atoms with van der Waals surface area (Å²) in [6.45, 7) is 2.94. The number of rotatable bonds is 9. The number of hydrogen-bond acceptors (Lipinski definition) is 7. The van der Waals surface area contributed by atoms with Gasteiger partial charge in [-0.15, -0.1) is 0 Å². The Kier molecular flexibility index (Phi) is 7.14. The molecule has 3 rings (SSSR count). The molecule has 9 nitrogen and oxygen atoms in total. The number of anilines is 1. The van der Waals surface area contributed by atoms with Gasteiger partial charge in [0.05, 0.1) is 19.8 Å². The van der Waals surface area contributed by atoms with Gasteiger partial charge in [-0.3, -0.25) is 0 Å². The lowest BCUT2D eigenvalue weighted by molar-refractivity contribution is -0.138. The number of carbonyl (C=O) groups is 1. The second-order valence-corrected chi connectivity index (χ2v) is 6.84. The quantitative estimate of drug-likeness (QED) is 0.205. The van der Waals surface area contributed by atoms with Crippen LogP contribution < -0.4 is 20.5 Å². The summed E-state index contributed by atoms with van der Waals surface area (Å²) < 4.78 is 31.8. The number of oxime groups is 1. The number of hydrogen-bond donors (Lipinski definition) is 4. The highest BCUT2D eigenvalue weighted by molar-refractivity contribution is 5.97. The van der Waals surface area contributed by atoms with Crippen molar-refractivity contribution < 1.29 is 33.7 Å². The van der Waals surface area contributed by atoms with Crippen LogP contribution >= 0.6 is 0 Å². The third-order valence-corrected chi connectivity index (χ3v) is 4.69. The summed E-state index contributed by atoms with van der Waals surface area (Å²) >= 11 is 0. The SMILES string of the molecule is CCOc1cc(OC2CCOC2)c(F)c(C(Nc2ccc(C(N)=NO)cc2)C(=O)O)c1. The van der Waals surface area contributed by atoms with Crippen LogP contribution in [-0.4, -0.2) is 48.0 Å².